The predicted molar refractivity (Wildman–Crippen MR) is 109 cm³/mol. The number of H-pyrrole nitrogens is 1. The topological polar surface area (TPSA) is 82.7 Å². The number of aromatic amines is 1. The van der Waals surface area contributed by atoms with E-state index in [4.69, 9.17) is 5.73 Å². The quantitative estimate of drug-likeness (QED) is 0.695. The number of rotatable bonds is 3. The van der Waals surface area contributed by atoms with Gasteiger partial charge >= 0.3 is 0 Å². The lowest BCUT2D eigenvalue weighted by Gasteiger charge is -2.24. The second-order valence-corrected chi connectivity index (χ2v) is 7.74. The molecule has 4 rings (SSSR count). The molecule has 2 aromatic carbocycles. The number of benzene rings is 2. The molecule has 27 heavy (non-hydrogen) atoms. The number of nitrogens with one attached hydrogen (secondary N) is 1. The van der Waals surface area contributed by atoms with Crippen molar-refractivity contribution in [2.24, 2.45) is 0 Å². The zero-order valence-electron chi connectivity index (χ0n) is 15.5. The van der Waals surface area contributed by atoms with Gasteiger partial charge in [-0.3, -0.25) is 4.79 Å². The average Bonchev–Trinajstić information content (AvgIpc) is 2.68. The second-order valence-electron chi connectivity index (χ2n) is 7.74. The Morgan fingerprint density at radius 3 is 2.67 bits per heavy atom. The summed E-state index contributed by atoms with van der Waals surface area (Å²) < 4.78 is 0. The molecule has 1 atom stereocenters. The van der Waals surface area contributed by atoms with Gasteiger partial charge in [0.2, 0.25) is 0 Å². The summed E-state index contributed by atoms with van der Waals surface area (Å²) in [7, 11) is 0. The molecule has 3 N–H and O–H groups in total. The number of aryl methyl sites for hydroxylation is 1. The smallest absolute Gasteiger partial charge is 0.251 e. The van der Waals surface area contributed by atoms with Gasteiger partial charge in [-0.25, -0.2) is 0 Å². The number of hydrogen-bond acceptors (Lipinski definition) is 3. The fraction of sp³-hybridized carbons (Fsp3) is 0.304. The molecule has 0 aliphatic heterocycles. The maximum atomic E-state index is 12.5. The van der Waals surface area contributed by atoms with Crippen LogP contribution in [0.1, 0.15) is 42.0 Å². The van der Waals surface area contributed by atoms with Crippen molar-refractivity contribution in [2.75, 3.05) is 5.73 Å². The van der Waals surface area contributed by atoms with Crippen LogP contribution in [0.2, 0.25) is 0 Å². The van der Waals surface area contributed by atoms with E-state index in [9.17, 15) is 10.1 Å². The molecule has 4 heteroatoms. The van der Waals surface area contributed by atoms with Crippen LogP contribution in [0.3, 0.4) is 0 Å². The van der Waals surface area contributed by atoms with Gasteiger partial charge in [-0.2, -0.15) is 5.26 Å². The number of hydrogen-bond donors (Lipinski definition) is 2. The van der Waals surface area contributed by atoms with Crippen molar-refractivity contribution in [1.82, 2.24) is 4.98 Å². The molecule has 1 heterocycles. The summed E-state index contributed by atoms with van der Waals surface area (Å²) in [6.07, 6.45) is 4.57. The van der Waals surface area contributed by atoms with Crippen molar-refractivity contribution in [3.8, 4) is 6.07 Å². The number of nitriles is 1. The number of nitrogen functional groups attached to an aromatic ring is 1. The summed E-state index contributed by atoms with van der Waals surface area (Å²) in [4.78, 5) is 15.5. The Bertz CT molecular complexity index is 1120. The summed E-state index contributed by atoms with van der Waals surface area (Å²) in [5.41, 5.74) is 10.8. The maximum absolute atomic E-state index is 12.5. The van der Waals surface area contributed by atoms with Gasteiger partial charge in [0.1, 0.15) is 0 Å². The van der Waals surface area contributed by atoms with Crippen LogP contribution >= 0.6 is 0 Å². The van der Waals surface area contributed by atoms with E-state index in [2.05, 4.69) is 17.1 Å². The minimum atomic E-state index is -0.700. The van der Waals surface area contributed by atoms with Crippen molar-refractivity contribution in [3.63, 3.8) is 0 Å². The van der Waals surface area contributed by atoms with Crippen molar-refractivity contribution in [2.45, 2.75) is 44.4 Å². The van der Waals surface area contributed by atoms with Crippen molar-refractivity contribution >= 4 is 16.6 Å². The van der Waals surface area contributed by atoms with Gasteiger partial charge in [0, 0.05) is 22.2 Å². The molecule has 0 spiro atoms. The van der Waals surface area contributed by atoms with E-state index in [1.165, 1.54) is 5.56 Å². The van der Waals surface area contributed by atoms with Crippen LogP contribution < -0.4 is 11.3 Å². The molecule has 0 fully saturated rings. The summed E-state index contributed by atoms with van der Waals surface area (Å²) in [5.74, 6) is 0. The molecule has 1 aromatic heterocycles. The Balaban J connectivity index is 1.80. The number of anilines is 1. The second kappa shape index (κ2) is 6.59. The molecular weight excluding hydrogens is 334 g/mol. The van der Waals surface area contributed by atoms with Gasteiger partial charge in [-0.05, 0) is 73.9 Å². The fourth-order valence-corrected chi connectivity index (χ4v) is 4.22. The van der Waals surface area contributed by atoms with E-state index in [1.54, 1.807) is 0 Å². The normalized spacial score (nSPS) is 15.7. The molecule has 136 valence electrons. The van der Waals surface area contributed by atoms with Crippen molar-refractivity contribution in [3.05, 3.63) is 75.1 Å². The molecule has 0 bridgehead atoms. The molecule has 3 aromatic rings. The molecule has 1 aliphatic rings. The molecular formula is C23H23N3O. The molecule has 0 saturated carbocycles. The highest BCUT2D eigenvalue weighted by Crippen LogP contribution is 2.32. The monoisotopic (exact) mass is 357 g/mol. The van der Waals surface area contributed by atoms with Crippen LogP contribution in [0.15, 0.2) is 47.3 Å². The van der Waals surface area contributed by atoms with Gasteiger partial charge in [0.15, 0.2) is 0 Å². The van der Waals surface area contributed by atoms with Crippen molar-refractivity contribution < 1.29 is 0 Å². The molecule has 1 aliphatic carbocycles. The fourth-order valence-electron chi connectivity index (χ4n) is 4.22. The number of fused-ring (bicyclic) bond motifs is 3. The molecule has 0 radical (unpaired) electrons. The summed E-state index contributed by atoms with van der Waals surface area (Å²) in [5, 5.41) is 11.0. The first-order valence-corrected chi connectivity index (χ1v) is 9.44. The third-order valence-corrected chi connectivity index (χ3v) is 5.73. The highest BCUT2D eigenvalue weighted by Gasteiger charge is 2.28. The van der Waals surface area contributed by atoms with Crippen LogP contribution in [0.25, 0.3) is 10.9 Å². The van der Waals surface area contributed by atoms with Crippen LogP contribution in [-0.4, -0.2) is 4.98 Å². The van der Waals surface area contributed by atoms with Gasteiger partial charge in [-0.1, -0.05) is 24.3 Å². The highest BCUT2D eigenvalue weighted by atomic mass is 16.1. The SMILES string of the molecule is CC(C#N)(Cc1cccc(N)c1)c1ccc2c3c(c(=O)[nH]c2c1)CCCC3. The summed E-state index contributed by atoms with van der Waals surface area (Å²) >= 11 is 0. The van der Waals surface area contributed by atoms with E-state index in [0.717, 1.165) is 53.3 Å². The lowest BCUT2D eigenvalue weighted by molar-refractivity contribution is 0.607. The Morgan fingerprint density at radius 2 is 1.93 bits per heavy atom. The zero-order chi connectivity index (χ0) is 19.0. The Kier molecular flexibility index (Phi) is 4.24. The molecule has 1 unspecified atom stereocenters. The van der Waals surface area contributed by atoms with Gasteiger partial charge in [0.25, 0.3) is 5.56 Å². The number of aromatic nitrogens is 1. The molecule has 0 amide bonds. The first-order chi connectivity index (χ1) is 13.0. The maximum Gasteiger partial charge on any atom is 0.251 e. The highest BCUT2D eigenvalue weighted by molar-refractivity contribution is 5.84. The van der Waals surface area contributed by atoms with Crippen LogP contribution in [0.4, 0.5) is 5.69 Å². The number of nitrogens with two attached hydrogens (primary N) is 1. The number of nitrogens with zero attached hydrogens (tertiary/aromatic N) is 1. The van der Waals surface area contributed by atoms with Crippen LogP contribution in [0, 0.1) is 11.3 Å². The van der Waals surface area contributed by atoms with Crippen LogP contribution in [-0.2, 0) is 24.7 Å². The minimum absolute atomic E-state index is 0.0174. The number of pyridine rings is 1. The third-order valence-electron chi connectivity index (χ3n) is 5.73. The molecule has 4 nitrogen and oxygen atoms in total. The summed E-state index contributed by atoms with van der Waals surface area (Å²) in [6.45, 7) is 1.94. The van der Waals surface area contributed by atoms with Gasteiger partial charge in [-0.15, -0.1) is 0 Å². The van der Waals surface area contributed by atoms with E-state index in [-0.39, 0.29) is 5.56 Å². The lowest BCUT2D eigenvalue weighted by atomic mass is 9.78. The van der Waals surface area contributed by atoms with E-state index in [0.29, 0.717) is 12.1 Å². The zero-order valence-corrected chi connectivity index (χ0v) is 15.5. The average molecular weight is 357 g/mol. The van der Waals surface area contributed by atoms with E-state index in [1.807, 2.05) is 43.3 Å². The standard InChI is InChI=1S/C23H23N3O/c1-23(14-24,13-15-5-4-6-17(25)11-15)16-9-10-19-18-7-2-3-8-20(18)22(27)26-21(19)12-16/h4-6,9-12H,2-3,7-8,13,25H2,1H3,(H,26,27). The first kappa shape index (κ1) is 17.4. The predicted octanol–water partition coefficient (Wildman–Crippen LogP) is 4.01. The van der Waals surface area contributed by atoms with E-state index < -0.39 is 5.41 Å². The summed E-state index contributed by atoms with van der Waals surface area (Å²) in [6, 6.07) is 16.2. The van der Waals surface area contributed by atoms with Crippen LogP contribution in [0.5, 0.6) is 0 Å². The van der Waals surface area contributed by atoms with Gasteiger partial charge in [0.05, 0.1) is 11.5 Å². The largest absolute Gasteiger partial charge is 0.399 e. The Morgan fingerprint density at radius 1 is 1.15 bits per heavy atom. The minimum Gasteiger partial charge on any atom is -0.399 e. The third kappa shape index (κ3) is 3.10. The van der Waals surface area contributed by atoms with Gasteiger partial charge < -0.3 is 10.7 Å². The Hall–Kier alpha value is -3.06. The van der Waals surface area contributed by atoms with E-state index >= 15 is 0 Å². The first-order valence-electron chi connectivity index (χ1n) is 9.44. The molecule has 0 saturated heterocycles. The van der Waals surface area contributed by atoms with Crippen molar-refractivity contribution in [1.29, 1.82) is 5.26 Å². The lowest BCUT2D eigenvalue weighted by Crippen LogP contribution is -2.24. The Labute approximate surface area is 158 Å².